The van der Waals surface area contributed by atoms with E-state index in [1.807, 2.05) is 0 Å². The van der Waals surface area contributed by atoms with E-state index in [9.17, 15) is 13.2 Å². The Morgan fingerprint density at radius 1 is 1.57 bits per heavy atom. The average Bonchev–Trinajstić information content (AvgIpc) is 2.91. The highest BCUT2D eigenvalue weighted by molar-refractivity contribution is 8.04. The van der Waals surface area contributed by atoms with Gasteiger partial charge in [-0.1, -0.05) is 0 Å². The molecule has 1 amide bonds. The number of allylic oxidation sites excluding steroid dienone is 1. The minimum atomic E-state index is -3.65. The molecular formula is C12H17N3O4S2. The third-order valence-corrected chi connectivity index (χ3v) is 5.24. The summed E-state index contributed by atoms with van der Waals surface area (Å²) in [5.74, 6) is 0.363. The van der Waals surface area contributed by atoms with Gasteiger partial charge < -0.3 is 4.74 Å². The van der Waals surface area contributed by atoms with Crippen molar-refractivity contribution in [1.82, 2.24) is 14.5 Å². The summed E-state index contributed by atoms with van der Waals surface area (Å²) < 4.78 is 32.7. The Morgan fingerprint density at radius 3 is 3.05 bits per heavy atom. The van der Waals surface area contributed by atoms with Crippen LogP contribution in [0.5, 0.6) is 0 Å². The number of aryl methyl sites for hydroxylation is 1. The maximum atomic E-state index is 11.9. The lowest BCUT2D eigenvalue weighted by Crippen LogP contribution is -2.34. The summed E-state index contributed by atoms with van der Waals surface area (Å²) in [4.78, 5) is 12.3. The number of carbonyl (C=O) groups is 1. The number of aromatic nitrogens is 2. The molecule has 0 fully saturated rings. The van der Waals surface area contributed by atoms with Crippen LogP contribution in [0.3, 0.4) is 0 Å². The van der Waals surface area contributed by atoms with Crippen LogP contribution in [0.15, 0.2) is 29.1 Å². The minimum Gasteiger partial charge on any atom is -0.496 e. The van der Waals surface area contributed by atoms with E-state index in [1.54, 1.807) is 30.1 Å². The normalized spacial score (nSPS) is 15.7. The smallest absolute Gasteiger partial charge is 0.274 e. The standard InChI is InChI=1S/C12H17N3O4S2/c1-10-11(20-8-7-19-10)12(16)14-21(17,18)9-3-6-15-5-2-4-13-15/h2,4-5H,3,6-9H2,1H3,(H,14,16). The molecule has 2 heterocycles. The van der Waals surface area contributed by atoms with Crippen LogP contribution in [0.1, 0.15) is 13.3 Å². The molecular weight excluding hydrogens is 314 g/mol. The van der Waals surface area contributed by atoms with Gasteiger partial charge in [-0.2, -0.15) is 5.10 Å². The number of thioether (sulfide) groups is 1. The number of ether oxygens (including phenoxy) is 1. The van der Waals surface area contributed by atoms with E-state index in [1.165, 1.54) is 11.8 Å². The van der Waals surface area contributed by atoms with Gasteiger partial charge in [0.2, 0.25) is 10.0 Å². The van der Waals surface area contributed by atoms with Crippen LogP contribution in [0.4, 0.5) is 0 Å². The summed E-state index contributed by atoms with van der Waals surface area (Å²) in [6.45, 7) is 2.68. The van der Waals surface area contributed by atoms with Crippen LogP contribution in [0.25, 0.3) is 0 Å². The summed E-state index contributed by atoms with van der Waals surface area (Å²) in [6.07, 6.45) is 3.77. The Labute approximate surface area is 127 Å². The summed E-state index contributed by atoms with van der Waals surface area (Å²) >= 11 is 1.31. The first kappa shape index (κ1) is 15.9. The Balaban J connectivity index is 1.87. The number of rotatable bonds is 6. The molecule has 0 aliphatic carbocycles. The molecule has 7 nitrogen and oxygen atoms in total. The predicted octanol–water partition coefficient (Wildman–Crippen LogP) is 0.714. The van der Waals surface area contributed by atoms with Gasteiger partial charge in [-0.25, -0.2) is 13.1 Å². The number of hydrogen-bond donors (Lipinski definition) is 1. The van der Waals surface area contributed by atoms with E-state index in [0.29, 0.717) is 36.0 Å². The fourth-order valence-corrected chi connectivity index (χ4v) is 3.69. The second kappa shape index (κ2) is 6.99. The molecule has 9 heteroatoms. The zero-order valence-electron chi connectivity index (χ0n) is 11.6. The number of hydrogen-bond acceptors (Lipinski definition) is 6. The lowest BCUT2D eigenvalue weighted by molar-refractivity contribution is -0.115. The Kier molecular flexibility index (Phi) is 5.29. The maximum absolute atomic E-state index is 11.9. The van der Waals surface area contributed by atoms with Crippen LogP contribution < -0.4 is 4.72 Å². The Morgan fingerprint density at radius 2 is 2.38 bits per heavy atom. The van der Waals surface area contributed by atoms with Crippen molar-refractivity contribution in [3.05, 3.63) is 29.1 Å². The molecule has 0 radical (unpaired) electrons. The van der Waals surface area contributed by atoms with E-state index in [2.05, 4.69) is 9.82 Å². The summed E-state index contributed by atoms with van der Waals surface area (Å²) in [7, 11) is -3.65. The molecule has 1 aliphatic rings. The molecule has 21 heavy (non-hydrogen) atoms. The molecule has 0 unspecified atom stereocenters. The van der Waals surface area contributed by atoms with Crippen molar-refractivity contribution >= 4 is 27.7 Å². The van der Waals surface area contributed by atoms with Crippen molar-refractivity contribution in [1.29, 1.82) is 0 Å². The molecule has 0 bridgehead atoms. The lowest BCUT2D eigenvalue weighted by Gasteiger charge is -2.17. The number of sulfonamides is 1. The second-order valence-corrected chi connectivity index (χ2v) is 7.40. The second-order valence-electron chi connectivity index (χ2n) is 4.45. The Bertz CT molecular complexity index is 623. The van der Waals surface area contributed by atoms with Gasteiger partial charge in [-0.15, -0.1) is 11.8 Å². The summed E-state index contributed by atoms with van der Waals surface area (Å²) in [5, 5.41) is 3.99. The van der Waals surface area contributed by atoms with Gasteiger partial charge in [-0.3, -0.25) is 9.48 Å². The van der Waals surface area contributed by atoms with E-state index in [-0.39, 0.29) is 5.75 Å². The highest BCUT2D eigenvalue weighted by atomic mass is 32.2. The zero-order chi connectivity index (χ0) is 15.3. The maximum Gasteiger partial charge on any atom is 0.274 e. The predicted molar refractivity (Wildman–Crippen MR) is 79.9 cm³/mol. The molecule has 0 atom stereocenters. The van der Waals surface area contributed by atoms with Crippen LogP contribution in [0.2, 0.25) is 0 Å². The lowest BCUT2D eigenvalue weighted by atomic mass is 10.4. The average molecular weight is 331 g/mol. The number of nitrogens with zero attached hydrogens (tertiary/aromatic N) is 2. The van der Waals surface area contributed by atoms with E-state index in [4.69, 9.17) is 4.74 Å². The fraction of sp³-hybridized carbons (Fsp3) is 0.500. The van der Waals surface area contributed by atoms with Crippen molar-refractivity contribution in [2.24, 2.45) is 0 Å². The SMILES string of the molecule is CC1=C(C(=O)NS(=O)(=O)CCCn2cccn2)SCCO1. The van der Waals surface area contributed by atoms with Crippen LogP contribution in [-0.2, 0) is 26.1 Å². The van der Waals surface area contributed by atoms with Gasteiger partial charge in [0, 0.05) is 24.7 Å². The monoisotopic (exact) mass is 331 g/mol. The number of carbonyl (C=O) groups excluding carboxylic acids is 1. The molecule has 116 valence electrons. The third-order valence-electron chi connectivity index (χ3n) is 2.78. The first-order chi connectivity index (χ1) is 9.98. The fourth-order valence-electron chi connectivity index (χ4n) is 1.82. The van der Waals surface area contributed by atoms with Gasteiger partial charge in [0.15, 0.2) is 0 Å². The van der Waals surface area contributed by atoms with Gasteiger partial charge in [0.05, 0.1) is 12.4 Å². The number of amides is 1. The highest BCUT2D eigenvalue weighted by Gasteiger charge is 2.23. The third kappa shape index (κ3) is 4.78. The van der Waals surface area contributed by atoms with Crippen LogP contribution in [0, 0.1) is 0 Å². The first-order valence-electron chi connectivity index (χ1n) is 6.47. The van der Waals surface area contributed by atoms with Crippen molar-refractivity contribution in [2.45, 2.75) is 19.9 Å². The van der Waals surface area contributed by atoms with E-state index in [0.717, 1.165) is 0 Å². The highest BCUT2D eigenvalue weighted by Crippen LogP contribution is 2.25. The largest absolute Gasteiger partial charge is 0.496 e. The van der Waals surface area contributed by atoms with Gasteiger partial charge >= 0.3 is 0 Å². The zero-order valence-corrected chi connectivity index (χ0v) is 13.2. The van der Waals surface area contributed by atoms with Gasteiger partial charge in [0.1, 0.15) is 10.7 Å². The molecule has 0 saturated carbocycles. The van der Waals surface area contributed by atoms with Crippen molar-refractivity contribution < 1.29 is 17.9 Å². The van der Waals surface area contributed by atoms with Crippen molar-refractivity contribution in [2.75, 3.05) is 18.1 Å². The molecule has 0 aromatic carbocycles. The molecule has 0 saturated heterocycles. The van der Waals surface area contributed by atoms with Crippen molar-refractivity contribution in [3.8, 4) is 0 Å². The molecule has 2 rings (SSSR count). The van der Waals surface area contributed by atoms with Crippen molar-refractivity contribution in [3.63, 3.8) is 0 Å². The quantitative estimate of drug-likeness (QED) is 0.826. The molecule has 1 aliphatic heterocycles. The van der Waals surface area contributed by atoms with E-state index < -0.39 is 15.9 Å². The van der Waals surface area contributed by atoms with Crippen LogP contribution in [-0.4, -0.2) is 42.2 Å². The van der Waals surface area contributed by atoms with Gasteiger partial charge in [-0.05, 0) is 19.4 Å². The molecule has 1 aromatic rings. The topological polar surface area (TPSA) is 90.3 Å². The van der Waals surface area contributed by atoms with E-state index >= 15 is 0 Å². The molecule has 1 aromatic heterocycles. The van der Waals surface area contributed by atoms with Gasteiger partial charge in [0.25, 0.3) is 5.91 Å². The number of nitrogens with one attached hydrogen (secondary N) is 1. The molecule has 1 N–H and O–H groups in total. The molecule has 0 spiro atoms. The van der Waals surface area contributed by atoms with Crippen LogP contribution >= 0.6 is 11.8 Å². The minimum absolute atomic E-state index is 0.129. The summed E-state index contributed by atoms with van der Waals surface area (Å²) in [6, 6.07) is 1.77. The Hall–Kier alpha value is -1.48. The summed E-state index contributed by atoms with van der Waals surface area (Å²) in [5.41, 5.74) is 0. The first-order valence-corrected chi connectivity index (χ1v) is 9.10.